The maximum Gasteiger partial charge on any atom is 0.129 e. The predicted octanol–water partition coefficient (Wildman–Crippen LogP) is 4.02. The number of nitrogens with one attached hydrogen (secondary N) is 1. The van der Waals surface area contributed by atoms with Gasteiger partial charge in [0.1, 0.15) is 11.6 Å². The third-order valence-corrected chi connectivity index (χ3v) is 3.20. The van der Waals surface area contributed by atoms with Crippen LogP contribution in [0, 0.1) is 11.6 Å². The summed E-state index contributed by atoms with van der Waals surface area (Å²) in [7, 11) is 0. The van der Waals surface area contributed by atoms with Gasteiger partial charge in [0.2, 0.25) is 0 Å². The van der Waals surface area contributed by atoms with E-state index in [1.165, 1.54) is 18.2 Å². The number of halogens is 2. The summed E-state index contributed by atoms with van der Waals surface area (Å²) in [5, 5.41) is 3.35. The zero-order chi connectivity index (χ0) is 13.8. The highest BCUT2D eigenvalue weighted by molar-refractivity contribution is 5.27. The molecule has 0 saturated heterocycles. The van der Waals surface area contributed by atoms with Gasteiger partial charge in [0, 0.05) is 11.6 Å². The molecule has 0 radical (unpaired) electrons. The molecule has 1 atom stereocenters. The Morgan fingerprint density at radius 3 is 2.28 bits per heavy atom. The minimum atomic E-state index is -0.518. The number of hydrogen-bond donors (Lipinski definition) is 1. The molecular weight excluding hydrogens is 232 g/mol. The molecule has 1 aromatic rings. The molecule has 18 heavy (non-hydrogen) atoms. The van der Waals surface area contributed by atoms with E-state index >= 15 is 0 Å². The SMILES string of the molecule is CCCNC(C)CC(C)(C)c1c(F)cccc1F. The van der Waals surface area contributed by atoms with Crippen molar-refractivity contribution in [2.75, 3.05) is 6.54 Å². The van der Waals surface area contributed by atoms with Crippen LogP contribution in [0.15, 0.2) is 18.2 Å². The van der Waals surface area contributed by atoms with Crippen LogP contribution in [0.25, 0.3) is 0 Å². The first kappa shape index (κ1) is 15.1. The molecule has 1 unspecified atom stereocenters. The summed E-state index contributed by atoms with van der Waals surface area (Å²) in [4.78, 5) is 0. The van der Waals surface area contributed by atoms with E-state index in [0.717, 1.165) is 13.0 Å². The lowest BCUT2D eigenvalue weighted by Crippen LogP contribution is -2.34. The lowest BCUT2D eigenvalue weighted by molar-refractivity contribution is 0.363. The number of rotatable bonds is 6. The zero-order valence-corrected chi connectivity index (χ0v) is 11.7. The molecule has 1 aromatic carbocycles. The molecule has 0 spiro atoms. The molecule has 0 aliphatic heterocycles. The minimum Gasteiger partial charge on any atom is -0.314 e. The molecule has 0 bridgehead atoms. The van der Waals surface area contributed by atoms with E-state index in [1.807, 2.05) is 13.8 Å². The van der Waals surface area contributed by atoms with Gasteiger partial charge < -0.3 is 5.32 Å². The third-order valence-electron chi connectivity index (χ3n) is 3.20. The average molecular weight is 255 g/mol. The average Bonchev–Trinajstić information content (AvgIpc) is 2.25. The van der Waals surface area contributed by atoms with E-state index in [4.69, 9.17) is 0 Å². The molecule has 0 aromatic heterocycles. The van der Waals surface area contributed by atoms with Crippen LogP contribution < -0.4 is 5.32 Å². The summed E-state index contributed by atoms with van der Waals surface area (Å²) in [6.45, 7) is 8.85. The Morgan fingerprint density at radius 2 is 1.78 bits per heavy atom. The van der Waals surface area contributed by atoms with Crippen molar-refractivity contribution < 1.29 is 8.78 Å². The van der Waals surface area contributed by atoms with Gasteiger partial charge in [-0.25, -0.2) is 8.78 Å². The summed E-state index contributed by atoms with van der Waals surface area (Å²) in [5.74, 6) is -0.912. The highest BCUT2D eigenvalue weighted by Crippen LogP contribution is 2.32. The number of benzene rings is 1. The van der Waals surface area contributed by atoms with Gasteiger partial charge >= 0.3 is 0 Å². The summed E-state index contributed by atoms with van der Waals surface area (Å²) in [6.07, 6.45) is 1.75. The molecule has 0 heterocycles. The minimum absolute atomic E-state index is 0.190. The first-order valence-electron chi connectivity index (χ1n) is 6.56. The highest BCUT2D eigenvalue weighted by Gasteiger charge is 2.29. The van der Waals surface area contributed by atoms with E-state index in [-0.39, 0.29) is 11.6 Å². The van der Waals surface area contributed by atoms with Gasteiger partial charge in [-0.2, -0.15) is 0 Å². The second-order valence-electron chi connectivity index (χ2n) is 5.54. The second kappa shape index (κ2) is 6.28. The molecule has 3 heteroatoms. The van der Waals surface area contributed by atoms with Crippen LogP contribution in [0.3, 0.4) is 0 Å². The fraction of sp³-hybridized carbons (Fsp3) is 0.600. The van der Waals surface area contributed by atoms with Crippen molar-refractivity contribution in [1.82, 2.24) is 5.32 Å². The van der Waals surface area contributed by atoms with Gasteiger partial charge in [0.25, 0.3) is 0 Å². The van der Waals surface area contributed by atoms with Crippen LogP contribution in [0.2, 0.25) is 0 Å². The molecular formula is C15H23F2N. The molecule has 102 valence electrons. The second-order valence-corrected chi connectivity index (χ2v) is 5.54. The largest absolute Gasteiger partial charge is 0.314 e. The summed E-state index contributed by atoms with van der Waals surface area (Å²) >= 11 is 0. The normalized spacial score (nSPS) is 13.7. The van der Waals surface area contributed by atoms with Gasteiger partial charge in [-0.15, -0.1) is 0 Å². The standard InChI is InChI=1S/C15H23F2N/c1-5-9-18-11(2)10-15(3,4)14-12(16)7-6-8-13(14)17/h6-8,11,18H,5,9-10H2,1-4H3. The van der Waals surface area contributed by atoms with Crippen molar-refractivity contribution in [3.8, 4) is 0 Å². The Labute approximate surface area is 109 Å². The van der Waals surface area contributed by atoms with E-state index in [0.29, 0.717) is 6.42 Å². The van der Waals surface area contributed by atoms with Crippen molar-refractivity contribution in [1.29, 1.82) is 0 Å². The van der Waals surface area contributed by atoms with E-state index in [1.54, 1.807) is 0 Å². The van der Waals surface area contributed by atoms with Crippen LogP contribution in [-0.4, -0.2) is 12.6 Å². The molecule has 1 rings (SSSR count). The lowest BCUT2D eigenvalue weighted by atomic mass is 9.78. The van der Waals surface area contributed by atoms with Gasteiger partial charge in [-0.05, 0) is 43.9 Å². The molecule has 1 N–H and O–H groups in total. The van der Waals surface area contributed by atoms with Crippen molar-refractivity contribution >= 4 is 0 Å². The maximum absolute atomic E-state index is 13.8. The highest BCUT2D eigenvalue weighted by atomic mass is 19.1. The Kier molecular flexibility index (Phi) is 5.27. The first-order valence-corrected chi connectivity index (χ1v) is 6.56. The fourth-order valence-electron chi connectivity index (χ4n) is 2.47. The Hall–Kier alpha value is -0.960. The van der Waals surface area contributed by atoms with Crippen LogP contribution in [0.1, 0.15) is 46.1 Å². The van der Waals surface area contributed by atoms with Crippen LogP contribution in [-0.2, 0) is 5.41 Å². The topological polar surface area (TPSA) is 12.0 Å². The fourth-order valence-corrected chi connectivity index (χ4v) is 2.47. The van der Waals surface area contributed by atoms with Crippen molar-refractivity contribution in [3.05, 3.63) is 35.4 Å². The zero-order valence-electron chi connectivity index (χ0n) is 11.7. The van der Waals surface area contributed by atoms with Crippen molar-refractivity contribution in [3.63, 3.8) is 0 Å². The molecule has 0 saturated carbocycles. The Morgan fingerprint density at radius 1 is 1.22 bits per heavy atom. The van der Waals surface area contributed by atoms with E-state index in [9.17, 15) is 8.78 Å². The summed E-state index contributed by atoms with van der Waals surface area (Å²) < 4.78 is 27.6. The monoisotopic (exact) mass is 255 g/mol. The molecule has 0 aliphatic rings. The predicted molar refractivity (Wildman–Crippen MR) is 71.8 cm³/mol. The smallest absolute Gasteiger partial charge is 0.129 e. The van der Waals surface area contributed by atoms with Gasteiger partial charge in [0.15, 0.2) is 0 Å². The summed E-state index contributed by atoms with van der Waals surface area (Å²) in [6, 6.07) is 4.29. The maximum atomic E-state index is 13.8. The van der Waals surface area contributed by atoms with Crippen LogP contribution in [0.5, 0.6) is 0 Å². The Bertz CT molecular complexity index is 368. The molecule has 1 nitrogen and oxygen atoms in total. The quantitative estimate of drug-likeness (QED) is 0.809. The summed E-state index contributed by atoms with van der Waals surface area (Å²) in [5.41, 5.74) is -0.328. The van der Waals surface area contributed by atoms with E-state index < -0.39 is 17.0 Å². The van der Waals surface area contributed by atoms with Crippen LogP contribution >= 0.6 is 0 Å². The van der Waals surface area contributed by atoms with Gasteiger partial charge in [0.05, 0.1) is 0 Å². The van der Waals surface area contributed by atoms with Crippen molar-refractivity contribution in [2.45, 2.75) is 52.0 Å². The van der Waals surface area contributed by atoms with E-state index in [2.05, 4.69) is 19.2 Å². The number of hydrogen-bond acceptors (Lipinski definition) is 1. The molecule has 0 amide bonds. The lowest BCUT2D eigenvalue weighted by Gasteiger charge is -2.29. The van der Waals surface area contributed by atoms with Crippen molar-refractivity contribution in [2.24, 2.45) is 0 Å². The molecule has 0 aliphatic carbocycles. The van der Waals surface area contributed by atoms with Gasteiger partial charge in [-0.3, -0.25) is 0 Å². The Balaban J connectivity index is 2.85. The third kappa shape index (κ3) is 3.77. The molecule has 0 fully saturated rings. The first-order chi connectivity index (χ1) is 8.38. The van der Waals surface area contributed by atoms with Crippen LogP contribution in [0.4, 0.5) is 8.78 Å². The van der Waals surface area contributed by atoms with Gasteiger partial charge in [-0.1, -0.05) is 26.8 Å².